The molecule has 0 saturated carbocycles. The molecular formula is C20H25NO. The number of hydrogen-bond donors (Lipinski definition) is 0. The number of benzene rings is 2. The zero-order valence-electron chi connectivity index (χ0n) is 13.4. The lowest BCUT2D eigenvalue weighted by molar-refractivity contribution is 0.238. The lowest BCUT2D eigenvalue weighted by Gasteiger charge is -2.16. The van der Waals surface area contributed by atoms with Crippen LogP contribution in [0.5, 0.6) is 5.75 Å². The van der Waals surface area contributed by atoms with Gasteiger partial charge in [0.2, 0.25) is 0 Å². The first-order valence-electron chi connectivity index (χ1n) is 8.40. The average molecular weight is 295 g/mol. The van der Waals surface area contributed by atoms with Crippen LogP contribution in [-0.4, -0.2) is 31.1 Å². The van der Waals surface area contributed by atoms with Crippen molar-refractivity contribution in [2.45, 2.75) is 26.2 Å². The van der Waals surface area contributed by atoms with Crippen LogP contribution in [0.3, 0.4) is 0 Å². The molecule has 0 unspecified atom stereocenters. The number of likely N-dealkylation sites (tertiary alicyclic amines) is 1. The minimum absolute atomic E-state index is 0.768. The SMILES string of the molecule is CCc1ccc(-c2ccccc2OCCN2CCCC2)cc1. The second-order valence-electron chi connectivity index (χ2n) is 5.94. The number of ether oxygens (including phenoxy) is 1. The van der Waals surface area contributed by atoms with Gasteiger partial charge in [0.05, 0.1) is 0 Å². The molecule has 0 spiro atoms. The van der Waals surface area contributed by atoms with Crippen LogP contribution in [0.15, 0.2) is 48.5 Å². The van der Waals surface area contributed by atoms with Crippen LogP contribution < -0.4 is 4.74 Å². The van der Waals surface area contributed by atoms with Gasteiger partial charge >= 0.3 is 0 Å². The Kier molecular flexibility index (Phi) is 5.12. The molecule has 2 nitrogen and oxygen atoms in total. The Bertz CT molecular complexity index is 585. The van der Waals surface area contributed by atoms with E-state index in [2.05, 4.69) is 60.4 Å². The van der Waals surface area contributed by atoms with E-state index in [0.29, 0.717) is 0 Å². The van der Waals surface area contributed by atoms with Crippen molar-refractivity contribution in [3.05, 3.63) is 54.1 Å². The normalized spacial score (nSPS) is 15.1. The topological polar surface area (TPSA) is 12.5 Å². The smallest absolute Gasteiger partial charge is 0.127 e. The summed E-state index contributed by atoms with van der Waals surface area (Å²) in [7, 11) is 0. The third-order valence-corrected chi connectivity index (χ3v) is 4.42. The Morgan fingerprint density at radius 1 is 0.955 bits per heavy atom. The van der Waals surface area contributed by atoms with E-state index in [1.54, 1.807) is 0 Å². The van der Waals surface area contributed by atoms with Crippen LogP contribution >= 0.6 is 0 Å². The molecule has 1 aliphatic heterocycles. The fourth-order valence-corrected chi connectivity index (χ4v) is 3.04. The minimum atomic E-state index is 0.768. The van der Waals surface area contributed by atoms with Crippen molar-refractivity contribution in [2.24, 2.45) is 0 Å². The zero-order chi connectivity index (χ0) is 15.2. The van der Waals surface area contributed by atoms with Crippen molar-refractivity contribution in [2.75, 3.05) is 26.2 Å². The van der Waals surface area contributed by atoms with Gasteiger partial charge in [-0.3, -0.25) is 4.90 Å². The van der Waals surface area contributed by atoms with E-state index in [1.807, 2.05) is 0 Å². The third kappa shape index (κ3) is 3.69. The highest BCUT2D eigenvalue weighted by atomic mass is 16.5. The fourth-order valence-electron chi connectivity index (χ4n) is 3.04. The van der Waals surface area contributed by atoms with Gasteiger partial charge in [-0.15, -0.1) is 0 Å². The molecule has 22 heavy (non-hydrogen) atoms. The molecule has 0 radical (unpaired) electrons. The maximum atomic E-state index is 6.07. The minimum Gasteiger partial charge on any atom is -0.492 e. The van der Waals surface area contributed by atoms with Gasteiger partial charge in [-0.05, 0) is 49.5 Å². The summed E-state index contributed by atoms with van der Waals surface area (Å²) >= 11 is 0. The van der Waals surface area contributed by atoms with Crippen LogP contribution in [0.4, 0.5) is 0 Å². The van der Waals surface area contributed by atoms with Crippen molar-refractivity contribution >= 4 is 0 Å². The molecule has 1 aliphatic rings. The van der Waals surface area contributed by atoms with Crippen molar-refractivity contribution in [1.82, 2.24) is 4.90 Å². The number of hydrogen-bond acceptors (Lipinski definition) is 2. The van der Waals surface area contributed by atoms with E-state index in [0.717, 1.165) is 25.3 Å². The van der Waals surface area contributed by atoms with Crippen LogP contribution in [0, 0.1) is 0 Å². The summed E-state index contributed by atoms with van der Waals surface area (Å²) in [6, 6.07) is 17.2. The summed E-state index contributed by atoms with van der Waals surface area (Å²) < 4.78 is 6.07. The maximum absolute atomic E-state index is 6.07. The summed E-state index contributed by atoms with van der Waals surface area (Å²) in [6.45, 7) is 6.44. The average Bonchev–Trinajstić information content (AvgIpc) is 3.09. The first kappa shape index (κ1) is 15.1. The summed E-state index contributed by atoms with van der Waals surface area (Å²) in [5.41, 5.74) is 3.79. The maximum Gasteiger partial charge on any atom is 0.127 e. The predicted octanol–water partition coefficient (Wildman–Crippen LogP) is 4.39. The number of rotatable bonds is 6. The molecule has 2 heteroatoms. The summed E-state index contributed by atoms with van der Waals surface area (Å²) in [5, 5.41) is 0. The van der Waals surface area contributed by atoms with Gasteiger partial charge < -0.3 is 4.74 Å². The van der Waals surface area contributed by atoms with E-state index < -0.39 is 0 Å². The lowest BCUT2D eigenvalue weighted by Crippen LogP contribution is -2.25. The second kappa shape index (κ2) is 7.46. The third-order valence-electron chi connectivity index (χ3n) is 4.42. The summed E-state index contributed by atoms with van der Waals surface area (Å²) in [5.74, 6) is 0.992. The lowest BCUT2D eigenvalue weighted by atomic mass is 10.0. The fraction of sp³-hybridized carbons (Fsp3) is 0.400. The summed E-state index contributed by atoms with van der Waals surface area (Å²) in [6.07, 6.45) is 3.75. The Balaban J connectivity index is 1.68. The van der Waals surface area contributed by atoms with Gasteiger partial charge in [0, 0.05) is 12.1 Å². The molecule has 0 N–H and O–H groups in total. The van der Waals surface area contributed by atoms with Gasteiger partial charge in [-0.2, -0.15) is 0 Å². The highest BCUT2D eigenvalue weighted by molar-refractivity contribution is 5.70. The molecule has 0 aliphatic carbocycles. The van der Waals surface area contributed by atoms with Crippen molar-refractivity contribution < 1.29 is 4.74 Å². The van der Waals surface area contributed by atoms with E-state index >= 15 is 0 Å². The highest BCUT2D eigenvalue weighted by Crippen LogP contribution is 2.30. The van der Waals surface area contributed by atoms with Gasteiger partial charge in [-0.25, -0.2) is 0 Å². The van der Waals surface area contributed by atoms with Crippen LogP contribution in [-0.2, 0) is 6.42 Å². The van der Waals surface area contributed by atoms with E-state index in [9.17, 15) is 0 Å². The second-order valence-corrected chi connectivity index (χ2v) is 5.94. The Hall–Kier alpha value is -1.80. The van der Waals surface area contributed by atoms with Crippen LogP contribution in [0.1, 0.15) is 25.3 Å². The largest absolute Gasteiger partial charge is 0.492 e. The highest BCUT2D eigenvalue weighted by Gasteiger charge is 2.11. The molecular weight excluding hydrogens is 270 g/mol. The predicted molar refractivity (Wildman–Crippen MR) is 92.4 cm³/mol. The Morgan fingerprint density at radius 3 is 2.41 bits per heavy atom. The molecule has 1 heterocycles. The van der Waals surface area contributed by atoms with Crippen LogP contribution in [0.25, 0.3) is 11.1 Å². The molecule has 2 aromatic carbocycles. The zero-order valence-corrected chi connectivity index (χ0v) is 13.4. The first-order chi connectivity index (χ1) is 10.9. The quantitative estimate of drug-likeness (QED) is 0.783. The molecule has 116 valence electrons. The standard InChI is InChI=1S/C20H25NO/c1-2-17-9-11-18(12-10-17)19-7-3-4-8-20(19)22-16-15-21-13-5-6-14-21/h3-4,7-12H,2,5-6,13-16H2,1H3. The first-order valence-corrected chi connectivity index (χ1v) is 8.40. The van der Waals surface area contributed by atoms with E-state index in [1.165, 1.54) is 42.6 Å². The molecule has 3 rings (SSSR count). The van der Waals surface area contributed by atoms with Gasteiger partial charge in [0.1, 0.15) is 12.4 Å². The molecule has 1 saturated heterocycles. The molecule has 0 aromatic heterocycles. The molecule has 0 bridgehead atoms. The number of aryl methyl sites for hydroxylation is 1. The van der Waals surface area contributed by atoms with E-state index in [4.69, 9.17) is 4.74 Å². The van der Waals surface area contributed by atoms with Gasteiger partial charge in [-0.1, -0.05) is 49.4 Å². The van der Waals surface area contributed by atoms with Crippen molar-refractivity contribution in [1.29, 1.82) is 0 Å². The Labute approximate surface area is 133 Å². The summed E-state index contributed by atoms with van der Waals surface area (Å²) in [4.78, 5) is 2.48. The van der Waals surface area contributed by atoms with Crippen molar-refractivity contribution in [3.63, 3.8) is 0 Å². The molecule has 0 amide bonds. The molecule has 0 atom stereocenters. The number of nitrogens with zero attached hydrogens (tertiary/aromatic N) is 1. The number of para-hydroxylation sites is 1. The Morgan fingerprint density at radius 2 is 1.68 bits per heavy atom. The monoisotopic (exact) mass is 295 g/mol. The van der Waals surface area contributed by atoms with Gasteiger partial charge in [0.25, 0.3) is 0 Å². The van der Waals surface area contributed by atoms with E-state index in [-0.39, 0.29) is 0 Å². The van der Waals surface area contributed by atoms with Gasteiger partial charge in [0.15, 0.2) is 0 Å². The molecule has 1 fully saturated rings. The van der Waals surface area contributed by atoms with Crippen LogP contribution in [0.2, 0.25) is 0 Å². The molecule has 2 aromatic rings. The van der Waals surface area contributed by atoms with Crippen molar-refractivity contribution in [3.8, 4) is 16.9 Å².